The highest BCUT2D eigenvalue weighted by molar-refractivity contribution is 5.94. The monoisotopic (exact) mass is 410 g/mol. The predicted molar refractivity (Wildman–Crippen MR) is 118 cm³/mol. The minimum absolute atomic E-state index is 0.00877. The van der Waals surface area contributed by atoms with Gasteiger partial charge in [0.15, 0.2) is 0 Å². The molecule has 30 heavy (non-hydrogen) atoms. The molecule has 8 nitrogen and oxygen atoms in total. The number of carbonyl (C=O) groups is 1. The molecular weight excluding hydrogens is 380 g/mol. The molecule has 1 aliphatic rings. The summed E-state index contributed by atoms with van der Waals surface area (Å²) in [4.78, 5) is 30.6. The molecule has 8 heteroatoms. The molecule has 3 rings (SSSR count). The van der Waals surface area contributed by atoms with E-state index in [4.69, 9.17) is 11.1 Å². The maximum atomic E-state index is 13.1. The van der Waals surface area contributed by atoms with Crippen molar-refractivity contribution in [2.24, 2.45) is 5.73 Å². The van der Waals surface area contributed by atoms with Gasteiger partial charge in [-0.25, -0.2) is 4.98 Å². The Kier molecular flexibility index (Phi) is 6.87. The van der Waals surface area contributed by atoms with E-state index in [9.17, 15) is 9.59 Å². The molecule has 160 valence electrons. The minimum Gasteiger partial charge on any atom is -0.384 e. The number of nitrogen functional groups attached to an aromatic ring is 1. The summed E-state index contributed by atoms with van der Waals surface area (Å²) < 4.78 is 1.58. The fraction of sp³-hybridized carbons (Fsp3) is 0.455. The number of amides is 1. The summed E-state index contributed by atoms with van der Waals surface area (Å²) >= 11 is 0. The molecule has 0 unspecified atom stereocenters. The topological polar surface area (TPSA) is 126 Å². The van der Waals surface area contributed by atoms with Crippen molar-refractivity contribution in [1.29, 1.82) is 5.41 Å². The number of hydrogen-bond acceptors (Lipinski definition) is 5. The van der Waals surface area contributed by atoms with Crippen LogP contribution in [0.4, 0.5) is 5.69 Å². The second-order valence-electron chi connectivity index (χ2n) is 7.70. The van der Waals surface area contributed by atoms with Crippen LogP contribution in [0.1, 0.15) is 68.4 Å². The lowest BCUT2D eigenvalue weighted by molar-refractivity contribution is -0.124. The van der Waals surface area contributed by atoms with Crippen molar-refractivity contribution >= 4 is 17.4 Å². The van der Waals surface area contributed by atoms with Crippen molar-refractivity contribution in [3.05, 3.63) is 57.8 Å². The van der Waals surface area contributed by atoms with E-state index in [-0.39, 0.29) is 23.2 Å². The molecule has 0 saturated heterocycles. The van der Waals surface area contributed by atoms with Crippen LogP contribution in [0.15, 0.2) is 35.3 Å². The summed E-state index contributed by atoms with van der Waals surface area (Å²) in [7, 11) is 0. The lowest BCUT2D eigenvalue weighted by Gasteiger charge is -2.15. The molecular formula is C22H30N6O2. The molecule has 1 amide bonds. The van der Waals surface area contributed by atoms with Crippen LogP contribution in [0, 0.1) is 5.41 Å². The number of rotatable bonds is 9. The lowest BCUT2D eigenvalue weighted by atomic mass is 9.98. The highest BCUT2D eigenvalue weighted by Gasteiger charge is 2.37. The number of fused-ring (bicyclic) bond motifs is 1. The number of nitrogens with one attached hydrogen (secondary N) is 3. The Morgan fingerprint density at radius 1 is 1.27 bits per heavy atom. The van der Waals surface area contributed by atoms with Crippen LogP contribution < -0.4 is 21.9 Å². The highest BCUT2D eigenvalue weighted by atomic mass is 16.2. The number of benzene rings is 1. The maximum absolute atomic E-state index is 13.1. The third-order valence-corrected chi connectivity index (χ3v) is 5.44. The Hall–Kier alpha value is -3.16. The molecule has 0 saturated carbocycles. The van der Waals surface area contributed by atoms with Gasteiger partial charge in [-0.15, -0.1) is 0 Å². The number of amidine groups is 1. The van der Waals surface area contributed by atoms with Gasteiger partial charge in [0.25, 0.3) is 5.56 Å². The number of nitrogens with two attached hydrogens (primary N) is 1. The molecule has 1 aliphatic heterocycles. The van der Waals surface area contributed by atoms with Gasteiger partial charge in [-0.05, 0) is 24.8 Å². The Balaban J connectivity index is 1.79. The van der Waals surface area contributed by atoms with E-state index < -0.39 is 6.04 Å². The summed E-state index contributed by atoms with van der Waals surface area (Å²) in [5.41, 5.74) is 7.28. The smallest absolute Gasteiger partial charge is 0.277 e. The normalized spacial score (nSPS) is 17.4. The van der Waals surface area contributed by atoms with Gasteiger partial charge >= 0.3 is 0 Å². The summed E-state index contributed by atoms with van der Waals surface area (Å²) in [5.74, 6) is 0.639. The van der Waals surface area contributed by atoms with Gasteiger partial charge in [-0.3, -0.25) is 19.6 Å². The van der Waals surface area contributed by atoms with Crippen molar-refractivity contribution in [2.45, 2.75) is 58.0 Å². The first kappa shape index (κ1) is 21.5. The summed E-state index contributed by atoms with van der Waals surface area (Å²) in [6.45, 7) is 5.15. The van der Waals surface area contributed by atoms with E-state index in [2.05, 4.69) is 22.5 Å². The standard InChI is InChI=1S/C22H30N6O2/c1-3-5-16-11-18(28-20(16)26-13-17(22(28)30)25-10-4-2)21(29)27-12-14-6-8-15(9-7-14)19(23)24/h6-9,13,16,18,25H,3-5,10-12H2,1-2H3,(H3,23,24)(H,27,29)/t16-,18+/m1/s1. The second-order valence-corrected chi connectivity index (χ2v) is 7.70. The summed E-state index contributed by atoms with van der Waals surface area (Å²) in [6.07, 6.45) is 4.94. The van der Waals surface area contributed by atoms with Gasteiger partial charge in [0, 0.05) is 24.6 Å². The Morgan fingerprint density at radius 3 is 2.63 bits per heavy atom. The molecule has 0 spiro atoms. The molecule has 0 bridgehead atoms. The molecule has 0 fully saturated rings. The number of anilines is 1. The SMILES string of the molecule is CCCNc1cnc2n(c1=O)[C@H](C(=O)NCc1ccc(C(=N)N)cc1)C[C@H]2CCC. The van der Waals surface area contributed by atoms with Crippen molar-refractivity contribution in [2.75, 3.05) is 11.9 Å². The first-order valence-corrected chi connectivity index (χ1v) is 10.5. The molecule has 1 aromatic carbocycles. The molecule has 0 aliphatic carbocycles. The predicted octanol–water partition coefficient (Wildman–Crippen LogP) is 2.49. The molecule has 5 N–H and O–H groups in total. The lowest BCUT2D eigenvalue weighted by Crippen LogP contribution is -2.36. The third kappa shape index (κ3) is 4.53. The fourth-order valence-electron chi connectivity index (χ4n) is 3.88. The van der Waals surface area contributed by atoms with E-state index >= 15 is 0 Å². The largest absolute Gasteiger partial charge is 0.384 e. The minimum atomic E-state index is -0.559. The zero-order valence-corrected chi connectivity index (χ0v) is 17.6. The van der Waals surface area contributed by atoms with E-state index in [1.165, 1.54) is 0 Å². The van der Waals surface area contributed by atoms with Crippen LogP contribution in [0.2, 0.25) is 0 Å². The van der Waals surface area contributed by atoms with Gasteiger partial charge in [0.05, 0.1) is 6.20 Å². The maximum Gasteiger partial charge on any atom is 0.277 e. The molecule has 2 aromatic rings. The first-order valence-electron chi connectivity index (χ1n) is 10.5. The average molecular weight is 411 g/mol. The van der Waals surface area contributed by atoms with Crippen molar-refractivity contribution < 1.29 is 4.79 Å². The quantitative estimate of drug-likeness (QED) is 0.373. The van der Waals surface area contributed by atoms with Crippen molar-refractivity contribution in [1.82, 2.24) is 14.9 Å². The van der Waals surface area contributed by atoms with Gasteiger partial charge in [0.1, 0.15) is 23.4 Å². The van der Waals surface area contributed by atoms with Crippen molar-refractivity contribution in [3.8, 4) is 0 Å². The first-order chi connectivity index (χ1) is 14.5. The number of aromatic nitrogens is 2. The van der Waals surface area contributed by atoms with Crippen LogP contribution in [0.25, 0.3) is 0 Å². The average Bonchev–Trinajstić information content (AvgIpc) is 3.11. The van der Waals surface area contributed by atoms with E-state index in [1.807, 2.05) is 19.1 Å². The second kappa shape index (κ2) is 9.56. The number of hydrogen-bond donors (Lipinski definition) is 4. The number of carbonyl (C=O) groups excluding carboxylic acids is 1. The Bertz CT molecular complexity index is 967. The Labute approximate surface area is 176 Å². The van der Waals surface area contributed by atoms with Gasteiger partial charge in [0.2, 0.25) is 5.91 Å². The van der Waals surface area contributed by atoms with Crippen LogP contribution >= 0.6 is 0 Å². The van der Waals surface area contributed by atoms with Crippen LogP contribution in [-0.4, -0.2) is 27.8 Å². The molecule has 2 heterocycles. The zero-order chi connectivity index (χ0) is 21.7. The van der Waals surface area contributed by atoms with Gasteiger partial charge < -0.3 is 16.4 Å². The van der Waals surface area contributed by atoms with E-state index in [0.717, 1.165) is 24.8 Å². The van der Waals surface area contributed by atoms with Crippen LogP contribution in [0.5, 0.6) is 0 Å². The molecule has 1 aromatic heterocycles. The molecule has 0 radical (unpaired) electrons. The zero-order valence-electron chi connectivity index (χ0n) is 17.6. The molecule has 2 atom stereocenters. The van der Waals surface area contributed by atoms with Crippen LogP contribution in [-0.2, 0) is 11.3 Å². The summed E-state index contributed by atoms with van der Waals surface area (Å²) in [5, 5.41) is 13.5. The van der Waals surface area contributed by atoms with E-state index in [0.29, 0.717) is 36.6 Å². The van der Waals surface area contributed by atoms with Gasteiger partial charge in [-0.1, -0.05) is 44.5 Å². The third-order valence-electron chi connectivity index (χ3n) is 5.44. The summed E-state index contributed by atoms with van der Waals surface area (Å²) in [6, 6.07) is 6.62. The highest BCUT2D eigenvalue weighted by Crippen LogP contribution is 2.36. The van der Waals surface area contributed by atoms with Crippen molar-refractivity contribution in [3.63, 3.8) is 0 Å². The Morgan fingerprint density at radius 2 is 2.00 bits per heavy atom. The fourth-order valence-corrected chi connectivity index (χ4v) is 3.88. The van der Waals surface area contributed by atoms with E-state index in [1.54, 1.807) is 22.9 Å². The number of nitrogens with zero attached hydrogens (tertiary/aromatic N) is 2. The van der Waals surface area contributed by atoms with Crippen LogP contribution in [0.3, 0.4) is 0 Å². The van der Waals surface area contributed by atoms with Gasteiger partial charge in [-0.2, -0.15) is 0 Å².